The molecule has 1 N–H and O–H groups in total. The van der Waals surface area contributed by atoms with E-state index in [1.54, 1.807) is 0 Å². The summed E-state index contributed by atoms with van der Waals surface area (Å²) in [5.41, 5.74) is 8.19. The zero-order valence-corrected chi connectivity index (χ0v) is 17.2. The molecule has 6 aromatic rings. The van der Waals surface area contributed by atoms with Crippen LogP contribution in [0.5, 0.6) is 0 Å². The van der Waals surface area contributed by atoms with E-state index in [1.165, 1.54) is 64.2 Å². The lowest BCUT2D eigenvalue weighted by molar-refractivity contribution is 0.667. The monoisotopic (exact) mass is 389 g/mol. The number of para-hydroxylation sites is 1. The average molecular weight is 390 g/mol. The number of fused-ring (bicyclic) bond motifs is 11. The van der Waals surface area contributed by atoms with E-state index < -0.39 is 0 Å². The van der Waals surface area contributed by atoms with Crippen molar-refractivity contribution in [3.05, 3.63) is 83.9 Å². The molecule has 1 aliphatic carbocycles. The van der Waals surface area contributed by atoms with Crippen LogP contribution >= 0.6 is 11.3 Å². The molecule has 0 radical (unpaired) electrons. The van der Waals surface area contributed by atoms with Crippen LogP contribution in [0.3, 0.4) is 0 Å². The Hall–Kier alpha value is -3.10. The van der Waals surface area contributed by atoms with Gasteiger partial charge in [-0.15, -0.1) is 11.3 Å². The van der Waals surface area contributed by atoms with Crippen LogP contribution in [0.25, 0.3) is 53.1 Å². The van der Waals surface area contributed by atoms with Gasteiger partial charge in [0.05, 0.1) is 0 Å². The molecule has 0 spiro atoms. The molecule has 2 aromatic heterocycles. The lowest BCUT2D eigenvalue weighted by Gasteiger charge is -2.22. The number of thiophene rings is 1. The van der Waals surface area contributed by atoms with Gasteiger partial charge in [0.15, 0.2) is 0 Å². The molecule has 2 heteroatoms. The van der Waals surface area contributed by atoms with Crippen LogP contribution < -0.4 is 0 Å². The summed E-state index contributed by atoms with van der Waals surface area (Å²) in [6.07, 6.45) is 0. The first-order chi connectivity index (χ1) is 14.1. The SMILES string of the molecule is CC1(C)c2ccccc2-c2ccc3c(sc4c3ccc3[nH]c5ccccc5c34)c21. The molecule has 0 saturated carbocycles. The molecule has 0 unspecified atom stereocenters. The van der Waals surface area contributed by atoms with Crippen LogP contribution in [0.1, 0.15) is 25.0 Å². The highest BCUT2D eigenvalue weighted by molar-refractivity contribution is 7.27. The Balaban J connectivity index is 1.69. The fourth-order valence-electron chi connectivity index (χ4n) is 5.47. The van der Waals surface area contributed by atoms with E-state index in [4.69, 9.17) is 0 Å². The molecule has 0 bridgehead atoms. The van der Waals surface area contributed by atoms with E-state index in [2.05, 4.69) is 91.6 Å². The van der Waals surface area contributed by atoms with Crippen molar-refractivity contribution in [2.75, 3.05) is 0 Å². The molecule has 138 valence electrons. The number of nitrogens with one attached hydrogen (secondary N) is 1. The number of aromatic amines is 1. The maximum Gasteiger partial charge on any atom is 0.0479 e. The Kier molecular flexibility index (Phi) is 2.77. The number of benzene rings is 4. The van der Waals surface area contributed by atoms with Crippen molar-refractivity contribution in [1.29, 1.82) is 0 Å². The maximum atomic E-state index is 3.60. The Morgan fingerprint density at radius 1 is 0.655 bits per heavy atom. The third-order valence-corrected chi connectivity index (χ3v) is 8.05. The van der Waals surface area contributed by atoms with Crippen molar-refractivity contribution >= 4 is 53.3 Å². The van der Waals surface area contributed by atoms with Crippen LogP contribution in [-0.4, -0.2) is 4.98 Å². The Morgan fingerprint density at radius 2 is 1.41 bits per heavy atom. The van der Waals surface area contributed by atoms with Crippen molar-refractivity contribution in [2.45, 2.75) is 19.3 Å². The van der Waals surface area contributed by atoms with Crippen molar-refractivity contribution in [2.24, 2.45) is 0 Å². The second-order valence-electron chi connectivity index (χ2n) is 8.67. The standard InChI is InChI=1S/C27H19NS/c1-27(2)20-9-5-3-7-15(20)16-11-12-18-17-13-14-22-23(25(17)29-26(18)24(16)27)19-8-4-6-10-21(19)28-22/h3-14,28H,1-2H3. The highest BCUT2D eigenvalue weighted by Crippen LogP contribution is 2.54. The molecule has 0 amide bonds. The first kappa shape index (κ1) is 15.8. The fraction of sp³-hybridized carbons (Fsp3) is 0.111. The van der Waals surface area contributed by atoms with Gasteiger partial charge in [-0.05, 0) is 34.4 Å². The second-order valence-corrected chi connectivity index (χ2v) is 9.69. The molecule has 4 aromatic carbocycles. The minimum absolute atomic E-state index is 0.0195. The summed E-state index contributed by atoms with van der Waals surface area (Å²) in [5, 5.41) is 5.44. The first-order valence-electron chi connectivity index (χ1n) is 10.1. The van der Waals surface area contributed by atoms with Gasteiger partial charge >= 0.3 is 0 Å². The number of hydrogen-bond donors (Lipinski definition) is 1. The average Bonchev–Trinajstić information content (AvgIpc) is 3.36. The Bertz CT molecular complexity index is 1630. The van der Waals surface area contributed by atoms with Crippen LogP contribution in [-0.2, 0) is 5.41 Å². The van der Waals surface area contributed by atoms with Gasteiger partial charge in [-0.2, -0.15) is 0 Å². The van der Waals surface area contributed by atoms with Gasteiger partial charge in [0.2, 0.25) is 0 Å². The van der Waals surface area contributed by atoms with E-state index in [-0.39, 0.29) is 5.41 Å². The predicted molar refractivity (Wildman–Crippen MR) is 126 cm³/mol. The summed E-state index contributed by atoms with van der Waals surface area (Å²) in [4.78, 5) is 3.60. The number of rotatable bonds is 0. The minimum Gasteiger partial charge on any atom is -0.354 e. The van der Waals surface area contributed by atoms with Gasteiger partial charge in [0, 0.05) is 47.4 Å². The third kappa shape index (κ3) is 1.81. The van der Waals surface area contributed by atoms with E-state index in [9.17, 15) is 0 Å². The van der Waals surface area contributed by atoms with Crippen molar-refractivity contribution in [1.82, 2.24) is 4.98 Å². The molecule has 1 nitrogen and oxygen atoms in total. The Labute approximate surface area is 172 Å². The van der Waals surface area contributed by atoms with E-state index >= 15 is 0 Å². The summed E-state index contributed by atoms with van der Waals surface area (Å²) in [6.45, 7) is 4.76. The van der Waals surface area contributed by atoms with E-state index in [1.807, 2.05) is 11.3 Å². The van der Waals surface area contributed by atoms with E-state index in [0.29, 0.717) is 0 Å². The van der Waals surface area contributed by atoms with Gasteiger partial charge in [-0.3, -0.25) is 0 Å². The maximum absolute atomic E-state index is 3.60. The summed E-state index contributed by atoms with van der Waals surface area (Å²) in [6, 6.07) is 26.8. The van der Waals surface area contributed by atoms with Crippen molar-refractivity contribution in [3.63, 3.8) is 0 Å². The minimum atomic E-state index is 0.0195. The number of H-pyrrole nitrogens is 1. The van der Waals surface area contributed by atoms with Gasteiger partial charge in [0.25, 0.3) is 0 Å². The summed E-state index contributed by atoms with van der Waals surface area (Å²) in [5.74, 6) is 0. The number of aromatic nitrogens is 1. The molecule has 29 heavy (non-hydrogen) atoms. The van der Waals surface area contributed by atoms with Crippen LogP contribution in [0.4, 0.5) is 0 Å². The summed E-state index contributed by atoms with van der Waals surface area (Å²) < 4.78 is 2.84. The number of hydrogen-bond acceptors (Lipinski definition) is 1. The van der Waals surface area contributed by atoms with Gasteiger partial charge in [-0.25, -0.2) is 0 Å². The molecule has 0 fully saturated rings. The first-order valence-corrected chi connectivity index (χ1v) is 11.0. The van der Waals surface area contributed by atoms with Gasteiger partial charge in [0.1, 0.15) is 0 Å². The predicted octanol–water partition coefficient (Wildman–Crippen LogP) is 8.00. The molecule has 2 heterocycles. The van der Waals surface area contributed by atoms with E-state index in [0.717, 1.165) is 0 Å². The summed E-state index contributed by atoms with van der Waals surface area (Å²) in [7, 11) is 0. The normalized spacial score (nSPS) is 14.8. The quantitative estimate of drug-likeness (QED) is 0.271. The smallest absolute Gasteiger partial charge is 0.0479 e. The molecule has 7 rings (SSSR count). The topological polar surface area (TPSA) is 15.8 Å². The molecule has 0 saturated heterocycles. The van der Waals surface area contributed by atoms with Crippen molar-refractivity contribution in [3.8, 4) is 11.1 Å². The van der Waals surface area contributed by atoms with Crippen LogP contribution in [0.15, 0.2) is 72.8 Å². The summed E-state index contributed by atoms with van der Waals surface area (Å²) >= 11 is 1.97. The molecule has 0 aliphatic heterocycles. The Morgan fingerprint density at radius 3 is 2.34 bits per heavy atom. The third-order valence-electron chi connectivity index (χ3n) is 6.79. The largest absolute Gasteiger partial charge is 0.354 e. The second kappa shape index (κ2) is 5.08. The highest BCUT2D eigenvalue weighted by Gasteiger charge is 2.37. The molecular weight excluding hydrogens is 370 g/mol. The molecule has 0 atom stereocenters. The lowest BCUT2D eigenvalue weighted by atomic mass is 9.82. The van der Waals surface area contributed by atoms with Gasteiger partial charge in [-0.1, -0.05) is 74.5 Å². The van der Waals surface area contributed by atoms with Crippen LogP contribution in [0.2, 0.25) is 0 Å². The molecule has 1 aliphatic rings. The molecular formula is C27H19NS. The van der Waals surface area contributed by atoms with Gasteiger partial charge < -0.3 is 4.98 Å². The van der Waals surface area contributed by atoms with Crippen molar-refractivity contribution < 1.29 is 0 Å². The highest BCUT2D eigenvalue weighted by atomic mass is 32.1. The fourth-order valence-corrected chi connectivity index (χ4v) is 7.04. The zero-order valence-electron chi connectivity index (χ0n) is 16.3. The van der Waals surface area contributed by atoms with Crippen LogP contribution in [0, 0.1) is 0 Å². The lowest BCUT2D eigenvalue weighted by Crippen LogP contribution is -2.14. The zero-order chi connectivity index (χ0) is 19.3.